The summed E-state index contributed by atoms with van der Waals surface area (Å²) in [7, 11) is 0. The van der Waals surface area contributed by atoms with Gasteiger partial charge in [-0.15, -0.1) is 11.8 Å². The SMILES string of the molecule is CCOc1cc(/C=N\NC(=O)C(C)Sc2ccccc2)ccc1O. The third-order valence-electron chi connectivity index (χ3n) is 3.10. The van der Waals surface area contributed by atoms with Gasteiger partial charge in [-0.2, -0.15) is 5.10 Å². The standard InChI is InChI=1S/C18H20N2O3S/c1-3-23-17-11-14(9-10-16(17)21)12-19-20-18(22)13(2)24-15-7-5-4-6-8-15/h4-13,21H,3H2,1-2H3,(H,20,22)/b19-12-. The van der Waals surface area contributed by atoms with Crippen LogP contribution in [0.1, 0.15) is 19.4 Å². The molecule has 0 fully saturated rings. The summed E-state index contributed by atoms with van der Waals surface area (Å²) < 4.78 is 5.31. The van der Waals surface area contributed by atoms with Crippen LogP contribution in [-0.2, 0) is 4.79 Å². The van der Waals surface area contributed by atoms with E-state index in [9.17, 15) is 9.90 Å². The zero-order valence-corrected chi connectivity index (χ0v) is 14.4. The van der Waals surface area contributed by atoms with Crippen LogP contribution in [0.25, 0.3) is 0 Å². The second-order valence-corrected chi connectivity index (χ2v) is 6.38. The fourth-order valence-corrected chi connectivity index (χ4v) is 2.78. The average molecular weight is 344 g/mol. The van der Waals surface area contributed by atoms with Crippen LogP contribution in [0.3, 0.4) is 0 Å². The molecule has 24 heavy (non-hydrogen) atoms. The fraction of sp³-hybridized carbons (Fsp3) is 0.222. The van der Waals surface area contributed by atoms with E-state index in [4.69, 9.17) is 4.74 Å². The number of aromatic hydroxyl groups is 1. The lowest BCUT2D eigenvalue weighted by Gasteiger charge is -2.09. The van der Waals surface area contributed by atoms with Crippen molar-refractivity contribution in [2.24, 2.45) is 5.10 Å². The maximum atomic E-state index is 12.1. The minimum atomic E-state index is -0.261. The number of nitrogens with zero attached hydrogens (tertiary/aromatic N) is 1. The van der Waals surface area contributed by atoms with E-state index in [0.29, 0.717) is 12.4 Å². The normalized spacial score (nSPS) is 12.1. The highest BCUT2D eigenvalue weighted by Gasteiger charge is 2.13. The Balaban J connectivity index is 1.91. The monoisotopic (exact) mass is 344 g/mol. The predicted octanol–water partition coefficient (Wildman–Crippen LogP) is 3.42. The quantitative estimate of drug-likeness (QED) is 0.459. The molecule has 2 N–H and O–H groups in total. The van der Waals surface area contributed by atoms with E-state index in [0.717, 1.165) is 10.5 Å². The Morgan fingerprint density at radius 3 is 2.79 bits per heavy atom. The van der Waals surface area contributed by atoms with Gasteiger partial charge < -0.3 is 9.84 Å². The van der Waals surface area contributed by atoms with Gasteiger partial charge in [0.25, 0.3) is 5.91 Å². The number of amides is 1. The van der Waals surface area contributed by atoms with E-state index < -0.39 is 0 Å². The van der Waals surface area contributed by atoms with Gasteiger partial charge in [-0.1, -0.05) is 18.2 Å². The van der Waals surface area contributed by atoms with Crippen LogP contribution in [0.15, 0.2) is 58.5 Å². The number of ether oxygens (including phenoxy) is 1. The smallest absolute Gasteiger partial charge is 0.253 e. The van der Waals surface area contributed by atoms with Gasteiger partial charge in [-0.25, -0.2) is 5.43 Å². The van der Waals surface area contributed by atoms with Crippen molar-refractivity contribution in [1.29, 1.82) is 0 Å². The summed E-state index contributed by atoms with van der Waals surface area (Å²) in [6.45, 7) is 4.13. The second-order valence-electron chi connectivity index (χ2n) is 4.97. The minimum Gasteiger partial charge on any atom is -0.504 e. The maximum Gasteiger partial charge on any atom is 0.253 e. The van der Waals surface area contributed by atoms with Gasteiger partial charge >= 0.3 is 0 Å². The molecule has 5 nitrogen and oxygen atoms in total. The molecule has 0 spiro atoms. The summed E-state index contributed by atoms with van der Waals surface area (Å²) in [5, 5.41) is 13.3. The highest BCUT2D eigenvalue weighted by Crippen LogP contribution is 2.26. The number of phenolic OH excluding ortho intramolecular Hbond substituents is 1. The van der Waals surface area contributed by atoms with Gasteiger partial charge in [0.15, 0.2) is 11.5 Å². The molecule has 0 saturated carbocycles. The average Bonchev–Trinajstić information content (AvgIpc) is 2.58. The number of thioether (sulfide) groups is 1. The van der Waals surface area contributed by atoms with Gasteiger partial charge in [0, 0.05) is 4.90 Å². The molecule has 2 rings (SSSR count). The van der Waals surface area contributed by atoms with Gasteiger partial charge in [-0.05, 0) is 49.7 Å². The number of hydrogen-bond acceptors (Lipinski definition) is 5. The van der Waals surface area contributed by atoms with Crippen LogP contribution in [0.5, 0.6) is 11.5 Å². The van der Waals surface area contributed by atoms with E-state index in [1.807, 2.05) is 44.2 Å². The number of hydrazone groups is 1. The van der Waals surface area contributed by atoms with Gasteiger partial charge in [0.05, 0.1) is 18.1 Å². The first-order valence-corrected chi connectivity index (χ1v) is 8.48. The fourth-order valence-electron chi connectivity index (χ4n) is 1.90. The maximum absolute atomic E-state index is 12.1. The van der Waals surface area contributed by atoms with Crippen molar-refractivity contribution in [2.75, 3.05) is 6.61 Å². The zero-order valence-electron chi connectivity index (χ0n) is 13.6. The lowest BCUT2D eigenvalue weighted by atomic mass is 10.2. The predicted molar refractivity (Wildman–Crippen MR) is 96.8 cm³/mol. The summed E-state index contributed by atoms with van der Waals surface area (Å²) in [6.07, 6.45) is 1.51. The van der Waals surface area contributed by atoms with Crippen LogP contribution in [0.4, 0.5) is 0 Å². The Bertz CT molecular complexity index is 705. The van der Waals surface area contributed by atoms with Gasteiger partial charge in [0.2, 0.25) is 0 Å². The van der Waals surface area contributed by atoms with Crippen molar-refractivity contribution >= 4 is 23.9 Å². The molecule has 0 radical (unpaired) electrons. The molecular formula is C18H20N2O3S. The van der Waals surface area contributed by atoms with Crippen molar-refractivity contribution in [3.05, 3.63) is 54.1 Å². The number of benzene rings is 2. The molecule has 6 heteroatoms. The van der Waals surface area contributed by atoms with Gasteiger partial charge in [0.1, 0.15) is 0 Å². The molecule has 0 saturated heterocycles. The Morgan fingerprint density at radius 2 is 2.08 bits per heavy atom. The topological polar surface area (TPSA) is 70.9 Å². The Kier molecular flexibility index (Phi) is 6.69. The third kappa shape index (κ3) is 5.31. The van der Waals surface area contributed by atoms with Crippen molar-refractivity contribution in [2.45, 2.75) is 24.0 Å². The lowest BCUT2D eigenvalue weighted by molar-refractivity contribution is -0.120. The first-order chi connectivity index (χ1) is 11.6. The van der Waals surface area contributed by atoms with Crippen LogP contribution in [0.2, 0.25) is 0 Å². The number of carbonyl (C=O) groups is 1. The summed E-state index contributed by atoms with van der Waals surface area (Å²) >= 11 is 1.47. The molecule has 0 aliphatic carbocycles. The van der Waals surface area contributed by atoms with Crippen molar-refractivity contribution in [1.82, 2.24) is 5.43 Å². The largest absolute Gasteiger partial charge is 0.504 e. The first-order valence-electron chi connectivity index (χ1n) is 7.60. The second kappa shape index (κ2) is 8.98. The molecule has 0 aliphatic heterocycles. The number of phenols is 1. The lowest BCUT2D eigenvalue weighted by Crippen LogP contribution is -2.26. The Morgan fingerprint density at radius 1 is 1.33 bits per heavy atom. The first kappa shape index (κ1) is 17.9. The molecule has 0 bridgehead atoms. The van der Waals surface area contributed by atoms with Gasteiger partial charge in [-0.3, -0.25) is 4.79 Å². The van der Waals surface area contributed by atoms with Crippen molar-refractivity contribution in [3.8, 4) is 11.5 Å². The molecular weight excluding hydrogens is 324 g/mol. The van der Waals surface area contributed by atoms with Crippen LogP contribution in [0, 0.1) is 0 Å². The van der Waals surface area contributed by atoms with Crippen molar-refractivity contribution in [3.63, 3.8) is 0 Å². The van der Waals surface area contributed by atoms with Crippen LogP contribution in [-0.4, -0.2) is 29.1 Å². The number of nitrogens with one attached hydrogen (secondary N) is 1. The number of hydrogen-bond donors (Lipinski definition) is 2. The van der Waals surface area contributed by atoms with Crippen LogP contribution < -0.4 is 10.2 Å². The van der Waals surface area contributed by atoms with Crippen molar-refractivity contribution < 1.29 is 14.6 Å². The molecule has 2 aromatic carbocycles. The Hall–Kier alpha value is -2.47. The summed E-state index contributed by atoms with van der Waals surface area (Å²) in [6, 6.07) is 14.6. The van der Waals surface area contributed by atoms with E-state index >= 15 is 0 Å². The molecule has 0 aromatic heterocycles. The molecule has 2 aromatic rings. The number of rotatable bonds is 7. The highest BCUT2D eigenvalue weighted by atomic mass is 32.2. The molecule has 1 amide bonds. The molecule has 1 unspecified atom stereocenters. The van der Waals surface area contributed by atoms with E-state index in [-0.39, 0.29) is 16.9 Å². The van der Waals surface area contributed by atoms with E-state index in [1.165, 1.54) is 24.0 Å². The third-order valence-corrected chi connectivity index (χ3v) is 4.21. The highest BCUT2D eigenvalue weighted by molar-refractivity contribution is 8.00. The molecule has 1 atom stereocenters. The molecule has 0 heterocycles. The zero-order chi connectivity index (χ0) is 17.4. The summed E-state index contributed by atoms with van der Waals surface area (Å²) in [5.41, 5.74) is 3.25. The van der Waals surface area contributed by atoms with E-state index in [1.54, 1.807) is 12.1 Å². The van der Waals surface area contributed by atoms with Crippen LogP contribution >= 0.6 is 11.8 Å². The minimum absolute atomic E-state index is 0.0749. The van der Waals surface area contributed by atoms with E-state index in [2.05, 4.69) is 10.5 Å². The summed E-state index contributed by atoms with van der Waals surface area (Å²) in [4.78, 5) is 13.1. The number of carbonyl (C=O) groups excluding carboxylic acids is 1. The summed E-state index contributed by atoms with van der Waals surface area (Å²) in [5.74, 6) is 0.288. The molecule has 126 valence electrons. The Labute approximate surface area is 145 Å². The molecule has 0 aliphatic rings.